The number of rotatable bonds is 8. The van der Waals surface area contributed by atoms with E-state index in [2.05, 4.69) is 4.90 Å². The first-order valence-corrected chi connectivity index (χ1v) is 12.9. The molecule has 2 heterocycles. The van der Waals surface area contributed by atoms with Crippen molar-refractivity contribution in [1.82, 2.24) is 4.90 Å². The minimum Gasteiger partial charge on any atom is -0.507 e. The van der Waals surface area contributed by atoms with Gasteiger partial charge in [-0.25, -0.2) is 9.18 Å². The van der Waals surface area contributed by atoms with E-state index in [4.69, 9.17) is 13.9 Å². The molecule has 1 aliphatic heterocycles. The molecule has 0 amide bonds. The van der Waals surface area contributed by atoms with Crippen molar-refractivity contribution >= 4 is 22.6 Å². The van der Waals surface area contributed by atoms with E-state index in [9.17, 15) is 19.1 Å². The molecule has 3 aromatic carbocycles. The fraction of sp³-hybridized carbons (Fsp3) is 0.267. The highest BCUT2D eigenvalue weighted by atomic mass is 19.1. The number of para-hydroxylation sites is 1. The molecule has 0 aliphatic carbocycles. The number of esters is 1. The van der Waals surface area contributed by atoms with Crippen molar-refractivity contribution < 1.29 is 28.2 Å². The van der Waals surface area contributed by atoms with Gasteiger partial charge in [-0.05, 0) is 55.0 Å². The van der Waals surface area contributed by atoms with Gasteiger partial charge in [0.1, 0.15) is 29.2 Å². The average Bonchev–Trinajstić information content (AvgIpc) is 2.96. The summed E-state index contributed by atoms with van der Waals surface area (Å²) in [5.41, 5.74) is 1.38. The predicted molar refractivity (Wildman–Crippen MR) is 145 cm³/mol. The van der Waals surface area contributed by atoms with Gasteiger partial charge in [-0.15, -0.1) is 0 Å². The SMILES string of the molecule is CCCOC(=O)c1ccc(Oc2coc3c(CN4CCN(c5ccccc5F)CC4)c(O)ccc3c2=O)cc1. The molecule has 8 nitrogen and oxygen atoms in total. The second-order valence-corrected chi connectivity index (χ2v) is 9.35. The van der Waals surface area contributed by atoms with Crippen LogP contribution in [0.25, 0.3) is 11.0 Å². The summed E-state index contributed by atoms with van der Waals surface area (Å²) in [5.74, 6) is -0.293. The first-order chi connectivity index (χ1) is 18.9. The maximum atomic E-state index is 14.2. The van der Waals surface area contributed by atoms with E-state index < -0.39 is 5.97 Å². The molecule has 0 bridgehead atoms. The molecule has 0 saturated carbocycles. The number of anilines is 1. The lowest BCUT2D eigenvalue weighted by atomic mass is 10.1. The van der Waals surface area contributed by atoms with Gasteiger partial charge in [0.25, 0.3) is 0 Å². The first kappa shape index (κ1) is 26.2. The number of carbonyl (C=O) groups is 1. The number of nitrogens with zero attached hydrogens (tertiary/aromatic N) is 2. The number of halogens is 1. The average molecular weight is 533 g/mol. The van der Waals surface area contributed by atoms with Gasteiger partial charge < -0.3 is 23.9 Å². The number of benzene rings is 3. The third-order valence-corrected chi connectivity index (χ3v) is 6.69. The fourth-order valence-corrected chi connectivity index (χ4v) is 4.60. The number of phenols is 1. The van der Waals surface area contributed by atoms with Gasteiger partial charge in [-0.3, -0.25) is 9.69 Å². The Kier molecular flexibility index (Phi) is 7.79. The van der Waals surface area contributed by atoms with Crippen molar-refractivity contribution in [2.24, 2.45) is 0 Å². The predicted octanol–water partition coefficient (Wildman–Crippen LogP) is 5.32. The summed E-state index contributed by atoms with van der Waals surface area (Å²) in [6.45, 7) is 5.19. The van der Waals surface area contributed by atoms with Crippen LogP contribution in [0.15, 0.2) is 76.1 Å². The monoisotopic (exact) mass is 532 g/mol. The summed E-state index contributed by atoms with van der Waals surface area (Å²) in [6, 6.07) is 16.0. The van der Waals surface area contributed by atoms with Crippen LogP contribution in [0.4, 0.5) is 10.1 Å². The van der Waals surface area contributed by atoms with Crippen LogP contribution in [0.5, 0.6) is 17.2 Å². The summed E-state index contributed by atoms with van der Waals surface area (Å²) in [4.78, 5) is 29.3. The molecule has 1 saturated heterocycles. The Labute approximate surface area is 224 Å². The van der Waals surface area contributed by atoms with Crippen molar-refractivity contribution in [3.63, 3.8) is 0 Å². The van der Waals surface area contributed by atoms with Gasteiger partial charge in [0.15, 0.2) is 0 Å². The van der Waals surface area contributed by atoms with Gasteiger partial charge in [0.2, 0.25) is 11.2 Å². The van der Waals surface area contributed by atoms with Crippen LogP contribution in [-0.2, 0) is 11.3 Å². The molecule has 39 heavy (non-hydrogen) atoms. The Morgan fingerprint density at radius 3 is 2.49 bits per heavy atom. The molecule has 0 spiro atoms. The van der Waals surface area contributed by atoms with Crippen LogP contribution >= 0.6 is 0 Å². The summed E-state index contributed by atoms with van der Waals surface area (Å²) < 4.78 is 30.9. The summed E-state index contributed by atoms with van der Waals surface area (Å²) in [7, 11) is 0. The molecule has 1 N–H and O–H groups in total. The fourth-order valence-electron chi connectivity index (χ4n) is 4.60. The Morgan fingerprint density at radius 1 is 1.03 bits per heavy atom. The van der Waals surface area contributed by atoms with E-state index >= 15 is 0 Å². The minimum absolute atomic E-state index is 0.0149. The minimum atomic E-state index is -0.422. The molecule has 1 aromatic heterocycles. The largest absolute Gasteiger partial charge is 0.507 e. The number of carbonyl (C=O) groups excluding carboxylic acids is 1. The highest BCUT2D eigenvalue weighted by molar-refractivity contribution is 5.89. The van der Waals surface area contributed by atoms with Crippen molar-refractivity contribution in [3.05, 3.63) is 94.1 Å². The van der Waals surface area contributed by atoms with Gasteiger partial charge in [-0.1, -0.05) is 19.1 Å². The topological polar surface area (TPSA) is 92.5 Å². The van der Waals surface area contributed by atoms with Crippen molar-refractivity contribution in [3.8, 4) is 17.2 Å². The lowest BCUT2D eigenvalue weighted by molar-refractivity contribution is 0.0505. The molecule has 0 unspecified atom stereocenters. The molecule has 9 heteroatoms. The van der Waals surface area contributed by atoms with Crippen LogP contribution in [0, 0.1) is 5.82 Å². The third-order valence-electron chi connectivity index (χ3n) is 6.69. The standard InChI is InChI=1S/C30H29FN2O6/c1-2-17-37-30(36)20-7-9-21(10-8-20)39-27-19-38-29-22(28(27)35)11-12-26(34)23(29)18-32-13-15-33(16-14-32)25-6-4-3-5-24(25)31/h3-12,19,34H,2,13-18H2,1H3. The summed E-state index contributed by atoms with van der Waals surface area (Å²) in [6.07, 6.45) is 1.96. The second kappa shape index (κ2) is 11.6. The Balaban J connectivity index is 1.30. The summed E-state index contributed by atoms with van der Waals surface area (Å²) >= 11 is 0. The Hall–Kier alpha value is -4.37. The Morgan fingerprint density at radius 2 is 1.77 bits per heavy atom. The molecular formula is C30H29FN2O6. The number of fused-ring (bicyclic) bond motifs is 1. The lowest BCUT2D eigenvalue weighted by Crippen LogP contribution is -2.46. The van der Waals surface area contributed by atoms with E-state index in [1.165, 1.54) is 24.5 Å². The molecule has 0 atom stereocenters. The van der Waals surface area contributed by atoms with Crippen molar-refractivity contribution in [2.75, 3.05) is 37.7 Å². The van der Waals surface area contributed by atoms with Gasteiger partial charge in [0.05, 0.1) is 28.8 Å². The normalized spacial score (nSPS) is 13.9. The second-order valence-electron chi connectivity index (χ2n) is 9.35. The zero-order valence-electron chi connectivity index (χ0n) is 21.6. The smallest absolute Gasteiger partial charge is 0.338 e. The zero-order valence-corrected chi connectivity index (χ0v) is 21.6. The van der Waals surface area contributed by atoms with Crippen LogP contribution in [0.2, 0.25) is 0 Å². The summed E-state index contributed by atoms with van der Waals surface area (Å²) in [5, 5.41) is 10.9. The molecule has 5 rings (SSSR count). The number of hydrogen-bond acceptors (Lipinski definition) is 8. The van der Waals surface area contributed by atoms with Gasteiger partial charge in [-0.2, -0.15) is 0 Å². The van der Waals surface area contributed by atoms with Crippen LogP contribution in [0.3, 0.4) is 0 Å². The molecule has 1 aliphatic rings. The van der Waals surface area contributed by atoms with Crippen LogP contribution in [-0.4, -0.2) is 48.8 Å². The molecule has 202 valence electrons. The number of ether oxygens (including phenoxy) is 2. The quantitative estimate of drug-likeness (QED) is 0.305. The number of aromatic hydroxyl groups is 1. The maximum Gasteiger partial charge on any atom is 0.338 e. The van der Waals surface area contributed by atoms with E-state index in [-0.39, 0.29) is 33.7 Å². The van der Waals surface area contributed by atoms with Crippen molar-refractivity contribution in [1.29, 1.82) is 0 Å². The van der Waals surface area contributed by atoms with E-state index in [1.807, 2.05) is 17.9 Å². The highest BCUT2D eigenvalue weighted by Gasteiger charge is 2.23. The van der Waals surface area contributed by atoms with Gasteiger partial charge >= 0.3 is 5.97 Å². The third kappa shape index (κ3) is 5.73. The molecule has 1 fully saturated rings. The van der Waals surface area contributed by atoms with Gasteiger partial charge in [0, 0.05) is 32.7 Å². The number of phenolic OH excluding ortho intramolecular Hbond substituents is 1. The zero-order chi connectivity index (χ0) is 27.4. The first-order valence-electron chi connectivity index (χ1n) is 12.9. The molecule has 4 aromatic rings. The number of hydrogen-bond donors (Lipinski definition) is 1. The molecule has 0 radical (unpaired) electrons. The Bertz CT molecular complexity index is 1530. The lowest BCUT2D eigenvalue weighted by Gasteiger charge is -2.36. The number of piperazine rings is 1. The van der Waals surface area contributed by atoms with E-state index in [0.29, 0.717) is 61.9 Å². The van der Waals surface area contributed by atoms with E-state index in [1.54, 1.807) is 36.4 Å². The maximum absolute atomic E-state index is 14.2. The van der Waals surface area contributed by atoms with E-state index in [0.717, 1.165) is 6.42 Å². The molecular weight excluding hydrogens is 503 g/mol. The van der Waals surface area contributed by atoms with Crippen LogP contribution < -0.4 is 15.1 Å². The highest BCUT2D eigenvalue weighted by Crippen LogP contribution is 2.30. The van der Waals surface area contributed by atoms with Crippen molar-refractivity contribution in [2.45, 2.75) is 19.9 Å². The van der Waals surface area contributed by atoms with Crippen LogP contribution in [0.1, 0.15) is 29.3 Å².